The molecule has 0 saturated heterocycles. The van der Waals surface area contributed by atoms with Gasteiger partial charge in [-0.15, -0.1) is 0 Å². The average Bonchev–Trinajstić information content (AvgIpc) is 2.74. The second-order valence-electron chi connectivity index (χ2n) is 6.13. The van der Waals surface area contributed by atoms with Gasteiger partial charge in [-0.3, -0.25) is 0 Å². The minimum absolute atomic E-state index is 0.552. The Morgan fingerprint density at radius 3 is 1.70 bits per heavy atom. The van der Waals surface area contributed by atoms with Crippen molar-refractivity contribution in [2.24, 2.45) is 5.10 Å². The third-order valence-corrected chi connectivity index (χ3v) is 3.86. The zero-order valence-electron chi connectivity index (χ0n) is 15.7. The van der Waals surface area contributed by atoms with Crippen LogP contribution in [0.1, 0.15) is 0 Å². The predicted molar refractivity (Wildman–Crippen MR) is 107 cm³/mol. The molecule has 0 unspecified atom stereocenters. The number of rotatable bonds is 3. The summed E-state index contributed by atoms with van der Waals surface area (Å²) < 4.78 is 46.8. The van der Waals surface area contributed by atoms with E-state index < -0.39 is 7.25 Å². The number of benzene rings is 2. The molecule has 0 radical (unpaired) electrons. The van der Waals surface area contributed by atoms with Crippen LogP contribution in [-0.4, -0.2) is 7.25 Å². The maximum absolute atomic E-state index is 9.75. The SMILES string of the molecule is F[B-](F)(F)F.c1ccc(-c2cc(-c3ccccc3)o/c(=N/[n+]3ccccc3)c2)cc1. The van der Waals surface area contributed by atoms with Crippen LogP contribution in [0.25, 0.3) is 22.5 Å². The third-order valence-electron chi connectivity index (χ3n) is 3.86. The van der Waals surface area contributed by atoms with Gasteiger partial charge in [0.1, 0.15) is 5.76 Å². The number of hydrogen-bond donors (Lipinski definition) is 0. The molecule has 0 saturated carbocycles. The Balaban J connectivity index is 0.000000461. The summed E-state index contributed by atoms with van der Waals surface area (Å²) in [6.45, 7) is 0. The molecule has 0 amide bonds. The number of nitrogens with zero attached hydrogens (tertiary/aromatic N) is 2. The summed E-state index contributed by atoms with van der Waals surface area (Å²) in [7, 11) is -6.00. The molecule has 8 heteroatoms. The van der Waals surface area contributed by atoms with Crippen LogP contribution in [0.2, 0.25) is 0 Å². The molecular formula is C22H17BF4N2O. The summed E-state index contributed by atoms with van der Waals surface area (Å²) in [6.07, 6.45) is 3.76. The quantitative estimate of drug-likeness (QED) is 0.246. The first kappa shape index (κ1) is 21.0. The van der Waals surface area contributed by atoms with E-state index in [1.807, 2.05) is 85.2 Å². The minimum atomic E-state index is -6.00. The lowest BCUT2D eigenvalue weighted by atomic mass is 10.0. The van der Waals surface area contributed by atoms with Crippen molar-refractivity contribution < 1.29 is 26.4 Å². The zero-order valence-corrected chi connectivity index (χ0v) is 15.7. The van der Waals surface area contributed by atoms with Crippen LogP contribution in [0, 0.1) is 0 Å². The first-order valence-corrected chi connectivity index (χ1v) is 9.03. The second-order valence-corrected chi connectivity index (χ2v) is 6.13. The molecule has 4 rings (SSSR count). The van der Waals surface area contributed by atoms with E-state index in [0.717, 1.165) is 22.5 Å². The fourth-order valence-corrected chi connectivity index (χ4v) is 2.65. The maximum atomic E-state index is 9.75. The molecule has 2 aromatic carbocycles. The maximum Gasteiger partial charge on any atom is 0.673 e. The topological polar surface area (TPSA) is 29.4 Å². The fraction of sp³-hybridized carbons (Fsp3) is 0. The molecule has 2 aromatic heterocycles. The summed E-state index contributed by atoms with van der Waals surface area (Å²) in [4.78, 5) is 0. The summed E-state index contributed by atoms with van der Waals surface area (Å²) in [6, 6.07) is 30.2. The average molecular weight is 412 g/mol. The monoisotopic (exact) mass is 412 g/mol. The van der Waals surface area contributed by atoms with Gasteiger partial charge in [0.05, 0.1) is 0 Å². The predicted octanol–water partition coefficient (Wildman–Crippen LogP) is 5.57. The van der Waals surface area contributed by atoms with E-state index in [-0.39, 0.29) is 0 Å². The van der Waals surface area contributed by atoms with Gasteiger partial charge in [-0.25, -0.2) is 0 Å². The zero-order chi connectivity index (χ0) is 21.4. The van der Waals surface area contributed by atoms with E-state index in [2.05, 4.69) is 23.3 Å². The number of halogens is 4. The van der Waals surface area contributed by atoms with E-state index in [9.17, 15) is 17.3 Å². The smallest absolute Gasteiger partial charge is 0.434 e. The van der Waals surface area contributed by atoms with Crippen molar-refractivity contribution in [3.05, 3.63) is 109 Å². The number of hydrogen-bond acceptors (Lipinski definition) is 2. The Labute approximate surface area is 170 Å². The van der Waals surface area contributed by atoms with Crippen LogP contribution in [0.15, 0.2) is 113 Å². The Morgan fingerprint density at radius 1 is 0.633 bits per heavy atom. The standard InChI is InChI=1S/C22H17N2O.BF4/c1-4-10-18(11-5-1)20-16-21(19-12-6-2-7-13-19)25-22(17-20)23-24-14-8-3-9-15-24;2-1(3,4)5/h1-17H;/q+1;-1/b23-22+;. The van der Waals surface area contributed by atoms with Crippen LogP contribution in [0.3, 0.4) is 0 Å². The van der Waals surface area contributed by atoms with Crippen LogP contribution in [-0.2, 0) is 0 Å². The highest BCUT2D eigenvalue weighted by atomic mass is 19.5. The summed E-state index contributed by atoms with van der Waals surface area (Å²) >= 11 is 0. The molecule has 0 aliphatic heterocycles. The largest absolute Gasteiger partial charge is 0.673 e. The molecule has 0 atom stereocenters. The van der Waals surface area contributed by atoms with E-state index in [4.69, 9.17) is 4.42 Å². The Morgan fingerprint density at radius 2 is 1.13 bits per heavy atom. The Hall–Kier alpha value is -3.68. The minimum Gasteiger partial charge on any atom is -0.434 e. The summed E-state index contributed by atoms with van der Waals surface area (Å²) in [5.41, 5.74) is 3.78. The van der Waals surface area contributed by atoms with Gasteiger partial charge in [0.15, 0.2) is 0 Å². The molecule has 3 nitrogen and oxygen atoms in total. The molecule has 152 valence electrons. The van der Waals surface area contributed by atoms with Crippen LogP contribution >= 0.6 is 0 Å². The molecule has 2 heterocycles. The molecule has 0 aliphatic carbocycles. The van der Waals surface area contributed by atoms with Gasteiger partial charge in [0, 0.05) is 28.9 Å². The molecule has 0 fully saturated rings. The molecule has 0 aliphatic rings. The normalized spacial score (nSPS) is 11.5. The van der Waals surface area contributed by atoms with Crippen LogP contribution in [0.4, 0.5) is 17.3 Å². The fourth-order valence-electron chi connectivity index (χ4n) is 2.65. The van der Waals surface area contributed by atoms with Crippen molar-refractivity contribution >= 4 is 7.25 Å². The molecule has 4 aromatic rings. The molecule has 0 bridgehead atoms. The summed E-state index contributed by atoms with van der Waals surface area (Å²) in [5.74, 6) is 0.789. The lowest BCUT2D eigenvalue weighted by Gasteiger charge is -2.05. The first-order chi connectivity index (χ1) is 14.4. The Kier molecular flexibility index (Phi) is 6.80. The Bertz CT molecular complexity index is 1070. The number of aromatic nitrogens is 1. The van der Waals surface area contributed by atoms with E-state index in [0.29, 0.717) is 5.55 Å². The van der Waals surface area contributed by atoms with E-state index in [1.165, 1.54) is 0 Å². The lowest BCUT2D eigenvalue weighted by Crippen LogP contribution is -2.29. The van der Waals surface area contributed by atoms with Crippen molar-refractivity contribution in [3.8, 4) is 22.5 Å². The van der Waals surface area contributed by atoms with Gasteiger partial charge in [-0.1, -0.05) is 71.4 Å². The summed E-state index contributed by atoms with van der Waals surface area (Å²) in [5, 5.41) is 4.56. The van der Waals surface area contributed by atoms with Crippen molar-refractivity contribution in [1.82, 2.24) is 0 Å². The molecule has 0 spiro atoms. The van der Waals surface area contributed by atoms with Crippen molar-refractivity contribution in [2.75, 3.05) is 0 Å². The van der Waals surface area contributed by atoms with Gasteiger partial charge < -0.3 is 21.7 Å². The molecule has 0 N–H and O–H groups in total. The number of pyridine rings is 1. The molecule has 30 heavy (non-hydrogen) atoms. The van der Waals surface area contributed by atoms with Crippen molar-refractivity contribution in [2.45, 2.75) is 0 Å². The van der Waals surface area contributed by atoms with Crippen molar-refractivity contribution in [1.29, 1.82) is 0 Å². The first-order valence-electron chi connectivity index (χ1n) is 9.03. The van der Waals surface area contributed by atoms with Crippen molar-refractivity contribution in [3.63, 3.8) is 0 Å². The molecular weight excluding hydrogens is 395 g/mol. The van der Waals surface area contributed by atoms with Gasteiger partial charge in [-0.2, -0.15) is 0 Å². The van der Waals surface area contributed by atoms with Gasteiger partial charge in [-0.05, 0) is 17.2 Å². The van der Waals surface area contributed by atoms with Crippen LogP contribution < -0.4 is 10.2 Å². The highest BCUT2D eigenvalue weighted by Gasteiger charge is 2.20. The van der Waals surface area contributed by atoms with E-state index >= 15 is 0 Å². The highest BCUT2D eigenvalue weighted by molar-refractivity contribution is 6.50. The van der Waals surface area contributed by atoms with Gasteiger partial charge in [0.2, 0.25) is 12.4 Å². The lowest BCUT2D eigenvalue weighted by molar-refractivity contribution is -0.684. The van der Waals surface area contributed by atoms with E-state index in [1.54, 1.807) is 4.68 Å². The van der Waals surface area contributed by atoms with Gasteiger partial charge in [0.25, 0.3) is 5.55 Å². The second kappa shape index (κ2) is 9.69. The third kappa shape index (κ3) is 6.74. The van der Waals surface area contributed by atoms with Crippen LogP contribution in [0.5, 0.6) is 0 Å². The highest BCUT2D eigenvalue weighted by Crippen LogP contribution is 2.24. The van der Waals surface area contributed by atoms with Gasteiger partial charge >= 0.3 is 7.25 Å².